The Morgan fingerprint density at radius 1 is 1.50 bits per heavy atom. The summed E-state index contributed by atoms with van der Waals surface area (Å²) in [6, 6.07) is -0.461. The molecule has 0 aromatic carbocycles. The van der Waals surface area contributed by atoms with Gasteiger partial charge in [0.2, 0.25) is 5.91 Å². The summed E-state index contributed by atoms with van der Waals surface area (Å²) < 4.78 is 10.5. The van der Waals surface area contributed by atoms with E-state index in [-0.39, 0.29) is 18.1 Å². The van der Waals surface area contributed by atoms with Gasteiger partial charge in [0.15, 0.2) is 0 Å². The third kappa shape index (κ3) is 3.73. The molecule has 5 nitrogen and oxygen atoms in total. The monoisotopic (exact) mass is 230 g/mol. The van der Waals surface area contributed by atoms with Crippen LogP contribution < -0.4 is 5.73 Å². The maximum absolute atomic E-state index is 12.0. The van der Waals surface area contributed by atoms with Crippen LogP contribution in [0.5, 0.6) is 0 Å². The highest BCUT2D eigenvalue weighted by Crippen LogP contribution is 2.12. The van der Waals surface area contributed by atoms with Gasteiger partial charge < -0.3 is 20.1 Å². The molecule has 1 heterocycles. The van der Waals surface area contributed by atoms with Crippen LogP contribution in [0, 0.1) is 0 Å². The summed E-state index contributed by atoms with van der Waals surface area (Å²) in [5.41, 5.74) is 5.81. The van der Waals surface area contributed by atoms with Gasteiger partial charge in [-0.2, -0.15) is 0 Å². The van der Waals surface area contributed by atoms with Crippen molar-refractivity contribution in [2.24, 2.45) is 5.73 Å². The number of nitrogens with zero attached hydrogens (tertiary/aromatic N) is 1. The largest absolute Gasteiger partial charge is 0.385 e. The van der Waals surface area contributed by atoms with E-state index >= 15 is 0 Å². The topological polar surface area (TPSA) is 64.8 Å². The van der Waals surface area contributed by atoms with E-state index in [0.717, 1.165) is 0 Å². The molecular weight excluding hydrogens is 208 g/mol. The molecule has 1 rings (SSSR count). The van der Waals surface area contributed by atoms with Crippen molar-refractivity contribution in [2.75, 3.05) is 26.8 Å². The van der Waals surface area contributed by atoms with Gasteiger partial charge in [-0.25, -0.2) is 0 Å². The Balaban J connectivity index is 2.45. The lowest BCUT2D eigenvalue weighted by atomic mass is 10.1. The lowest BCUT2D eigenvalue weighted by Gasteiger charge is -2.36. The Hall–Kier alpha value is -0.650. The number of nitrogens with two attached hydrogens (primary N) is 1. The van der Waals surface area contributed by atoms with E-state index in [1.165, 1.54) is 0 Å². The van der Waals surface area contributed by atoms with Gasteiger partial charge in [0.05, 0.1) is 18.2 Å². The minimum absolute atomic E-state index is 0.000880. The fourth-order valence-corrected chi connectivity index (χ4v) is 1.96. The Kier molecular flexibility index (Phi) is 5.18. The first-order valence-corrected chi connectivity index (χ1v) is 5.73. The van der Waals surface area contributed by atoms with E-state index in [2.05, 4.69) is 0 Å². The summed E-state index contributed by atoms with van der Waals surface area (Å²) in [6.07, 6.45) is 0.736. The standard InChI is InChI=1S/C11H22N2O3/c1-8-6-13(7-9(2)16-8)11(14)10(12)4-5-15-3/h8-10H,4-7,12H2,1-3H3. The molecule has 0 bridgehead atoms. The van der Waals surface area contributed by atoms with Crippen LogP contribution in [0.4, 0.5) is 0 Å². The van der Waals surface area contributed by atoms with Gasteiger partial charge in [0, 0.05) is 26.8 Å². The lowest BCUT2D eigenvalue weighted by Crippen LogP contribution is -2.53. The molecule has 1 saturated heterocycles. The van der Waals surface area contributed by atoms with Gasteiger partial charge in [0.1, 0.15) is 0 Å². The quantitative estimate of drug-likeness (QED) is 0.737. The Morgan fingerprint density at radius 2 is 2.06 bits per heavy atom. The van der Waals surface area contributed by atoms with Crippen LogP contribution in [0.1, 0.15) is 20.3 Å². The van der Waals surface area contributed by atoms with Crippen LogP contribution in [0.25, 0.3) is 0 Å². The molecule has 1 aliphatic rings. The maximum atomic E-state index is 12.0. The van der Waals surface area contributed by atoms with Crippen molar-refractivity contribution < 1.29 is 14.3 Å². The van der Waals surface area contributed by atoms with Gasteiger partial charge >= 0.3 is 0 Å². The van der Waals surface area contributed by atoms with Crippen LogP contribution >= 0.6 is 0 Å². The highest BCUT2D eigenvalue weighted by atomic mass is 16.5. The lowest BCUT2D eigenvalue weighted by molar-refractivity contribution is -0.144. The fraction of sp³-hybridized carbons (Fsp3) is 0.909. The Morgan fingerprint density at radius 3 is 2.56 bits per heavy atom. The molecule has 3 atom stereocenters. The number of ether oxygens (including phenoxy) is 2. The predicted molar refractivity (Wildman–Crippen MR) is 61.1 cm³/mol. The van der Waals surface area contributed by atoms with Gasteiger partial charge in [-0.05, 0) is 20.3 Å². The number of carbonyl (C=O) groups is 1. The molecule has 1 fully saturated rings. The van der Waals surface area contributed by atoms with Crippen molar-refractivity contribution in [1.29, 1.82) is 0 Å². The molecule has 0 saturated carbocycles. The zero-order valence-electron chi connectivity index (χ0n) is 10.3. The Labute approximate surface area is 96.9 Å². The van der Waals surface area contributed by atoms with Crippen LogP contribution in [-0.2, 0) is 14.3 Å². The van der Waals surface area contributed by atoms with Crippen LogP contribution in [0.2, 0.25) is 0 Å². The first-order chi connectivity index (χ1) is 7.54. The number of amides is 1. The molecule has 0 aliphatic carbocycles. The van der Waals surface area contributed by atoms with Crippen molar-refractivity contribution >= 4 is 5.91 Å². The average molecular weight is 230 g/mol. The molecule has 1 aliphatic heterocycles. The number of morpholine rings is 1. The number of carbonyl (C=O) groups excluding carboxylic acids is 1. The SMILES string of the molecule is COCCC(N)C(=O)N1CC(C)OC(C)C1. The first-order valence-electron chi connectivity index (χ1n) is 5.73. The summed E-state index contributed by atoms with van der Waals surface area (Å²) in [7, 11) is 1.61. The van der Waals surface area contributed by atoms with Crippen LogP contribution in [0.15, 0.2) is 0 Å². The molecule has 0 spiro atoms. The molecule has 3 unspecified atom stereocenters. The summed E-state index contributed by atoms with van der Waals surface area (Å²) >= 11 is 0. The average Bonchev–Trinajstić information content (AvgIpc) is 2.23. The summed E-state index contributed by atoms with van der Waals surface area (Å²) in [5, 5.41) is 0. The second kappa shape index (κ2) is 6.18. The van der Waals surface area contributed by atoms with E-state index in [4.69, 9.17) is 15.2 Å². The smallest absolute Gasteiger partial charge is 0.239 e. The second-order valence-corrected chi connectivity index (χ2v) is 4.39. The Bertz CT molecular complexity index is 225. The van der Waals surface area contributed by atoms with E-state index in [0.29, 0.717) is 26.1 Å². The maximum Gasteiger partial charge on any atom is 0.239 e. The number of rotatable bonds is 4. The fourth-order valence-electron chi connectivity index (χ4n) is 1.96. The van der Waals surface area contributed by atoms with Gasteiger partial charge in [-0.3, -0.25) is 4.79 Å². The van der Waals surface area contributed by atoms with Crippen molar-refractivity contribution in [3.63, 3.8) is 0 Å². The van der Waals surface area contributed by atoms with E-state index < -0.39 is 6.04 Å². The number of methoxy groups -OCH3 is 1. The second-order valence-electron chi connectivity index (χ2n) is 4.39. The van der Waals surface area contributed by atoms with Crippen molar-refractivity contribution in [3.05, 3.63) is 0 Å². The van der Waals surface area contributed by atoms with Crippen LogP contribution in [-0.4, -0.2) is 55.9 Å². The third-order valence-electron chi connectivity index (χ3n) is 2.68. The number of hydrogen-bond donors (Lipinski definition) is 1. The van der Waals surface area contributed by atoms with E-state index in [9.17, 15) is 4.79 Å². The molecular formula is C11H22N2O3. The minimum atomic E-state index is -0.461. The van der Waals surface area contributed by atoms with Crippen molar-refractivity contribution in [1.82, 2.24) is 4.90 Å². The summed E-state index contributed by atoms with van der Waals surface area (Å²) in [4.78, 5) is 13.8. The predicted octanol–water partition coefficient (Wildman–Crippen LogP) is -0.0140. The van der Waals surface area contributed by atoms with Gasteiger partial charge in [0.25, 0.3) is 0 Å². The van der Waals surface area contributed by atoms with Crippen LogP contribution in [0.3, 0.4) is 0 Å². The third-order valence-corrected chi connectivity index (χ3v) is 2.68. The molecule has 16 heavy (non-hydrogen) atoms. The number of hydrogen-bond acceptors (Lipinski definition) is 4. The summed E-state index contributed by atoms with van der Waals surface area (Å²) in [6.45, 7) is 5.71. The molecule has 0 aromatic heterocycles. The van der Waals surface area contributed by atoms with Crippen molar-refractivity contribution in [2.45, 2.75) is 38.5 Å². The molecule has 0 aromatic rings. The highest BCUT2D eigenvalue weighted by Gasteiger charge is 2.28. The van der Waals surface area contributed by atoms with Gasteiger partial charge in [-0.1, -0.05) is 0 Å². The molecule has 2 N–H and O–H groups in total. The minimum Gasteiger partial charge on any atom is -0.385 e. The van der Waals surface area contributed by atoms with E-state index in [1.807, 2.05) is 13.8 Å². The normalized spacial score (nSPS) is 27.9. The summed E-state index contributed by atoms with van der Waals surface area (Å²) in [5.74, 6) is -0.000880. The van der Waals surface area contributed by atoms with E-state index in [1.54, 1.807) is 12.0 Å². The molecule has 5 heteroatoms. The molecule has 1 amide bonds. The van der Waals surface area contributed by atoms with Crippen molar-refractivity contribution in [3.8, 4) is 0 Å². The zero-order chi connectivity index (χ0) is 12.1. The first kappa shape index (κ1) is 13.4. The highest BCUT2D eigenvalue weighted by molar-refractivity contribution is 5.81. The zero-order valence-corrected chi connectivity index (χ0v) is 10.3. The van der Waals surface area contributed by atoms with Gasteiger partial charge in [-0.15, -0.1) is 0 Å². The molecule has 0 radical (unpaired) electrons. The molecule has 94 valence electrons.